The summed E-state index contributed by atoms with van der Waals surface area (Å²) in [5.74, 6) is 0.725. The summed E-state index contributed by atoms with van der Waals surface area (Å²) in [6, 6.07) is 11.8. The van der Waals surface area contributed by atoms with Crippen LogP contribution in [0.1, 0.15) is 12.5 Å². The number of nitrogens with one attached hydrogen (secondary N) is 1. The molecule has 8 heteroatoms. The quantitative estimate of drug-likeness (QED) is 0.519. The van der Waals surface area contributed by atoms with Crippen molar-refractivity contribution < 1.29 is 9.13 Å². The van der Waals surface area contributed by atoms with Gasteiger partial charge >= 0.3 is 0 Å². The Morgan fingerprint density at radius 3 is 2.92 bits per heavy atom. The van der Waals surface area contributed by atoms with Crippen LogP contribution in [0.25, 0.3) is 11.4 Å². The first kappa shape index (κ1) is 17.3. The van der Waals surface area contributed by atoms with Gasteiger partial charge in [-0.3, -0.25) is 0 Å². The van der Waals surface area contributed by atoms with E-state index < -0.39 is 5.82 Å². The second-order valence-electron chi connectivity index (χ2n) is 5.00. The van der Waals surface area contributed by atoms with E-state index in [0.29, 0.717) is 18.2 Å². The molecular formula is C17H14ClFN4OS. The van der Waals surface area contributed by atoms with E-state index in [4.69, 9.17) is 28.6 Å². The number of hydrogen-bond donors (Lipinski definition) is 1. The number of H-pyrrole nitrogens is 1. The lowest BCUT2D eigenvalue weighted by molar-refractivity contribution is 0.340. The molecule has 128 valence electrons. The van der Waals surface area contributed by atoms with Crippen molar-refractivity contribution in [2.75, 3.05) is 6.61 Å². The number of halogens is 2. The highest BCUT2D eigenvalue weighted by atomic mass is 35.5. The molecule has 0 saturated heterocycles. The van der Waals surface area contributed by atoms with Gasteiger partial charge in [-0.1, -0.05) is 29.8 Å². The number of aromatic amines is 1. The van der Waals surface area contributed by atoms with E-state index in [-0.39, 0.29) is 15.4 Å². The van der Waals surface area contributed by atoms with E-state index in [0.717, 1.165) is 5.56 Å². The van der Waals surface area contributed by atoms with Gasteiger partial charge in [0.25, 0.3) is 0 Å². The zero-order chi connectivity index (χ0) is 17.8. The summed E-state index contributed by atoms with van der Waals surface area (Å²) in [6.45, 7) is 2.46. The Morgan fingerprint density at radius 1 is 1.36 bits per heavy atom. The van der Waals surface area contributed by atoms with Gasteiger partial charge in [0.15, 0.2) is 5.82 Å². The number of hydrogen-bond acceptors (Lipinski definition) is 4. The molecule has 25 heavy (non-hydrogen) atoms. The number of benzene rings is 2. The summed E-state index contributed by atoms with van der Waals surface area (Å²) >= 11 is 11.2. The monoisotopic (exact) mass is 376 g/mol. The van der Waals surface area contributed by atoms with Crippen LogP contribution in [0.15, 0.2) is 47.6 Å². The second kappa shape index (κ2) is 7.58. The highest BCUT2D eigenvalue weighted by molar-refractivity contribution is 7.71. The Bertz CT molecular complexity index is 963. The maximum Gasteiger partial charge on any atom is 0.216 e. The summed E-state index contributed by atoms with van der Waals surface area (Å²) in [6.07, 6.45) is 1.32. The molecule has 0 unspecified atom stereocenters. The van der Waals surface area contributed by atoms with Crippen molar-refractivity contribution in [3.63, 3.8) is 0 Å². The molecule has 0 atom stereocenters. The Labute approximate surface area is 153 Å². The predicted octanol–water partition coefficient (Wildman–Crippen LogP) is 4.68. The largest absolute Gasteiger partial charge is 0.494 e. The van der Waals surface area contributed by atoms with E-state index in [2.05, 4.69) is 15.3 Å². The molecule has 5 nitrogen and oxygen atoms in total. The topological polar surface area (TPSA) is 55.2 Å². The molecule has 1 N–H and O–H groups in total. The van der Waals surface area contributed by atoms with Gasteiger partial charge in [0.1, 0.15) is 11.6 Å². The summed E-state index contributed by atoms with van der Waals surface area (Å²) in [5, 5.41) is 11.4. The first-order valence-corrected chi connectivity index (χ1v) is 8.27. The zero-order valence-corrected chi connectivity index (χ0v) is 14.8. The van der Waals surface area contributed by atoms with Crippen molar-refractivity contribution in [1.82, 2.24) is 14.9 Å². The fourth-order valence-corrected chi connectivity index (χ4v) is 2.62. The minimum atomic E-state index is -0.467. The Hall–Kier alpha value is -2.51. The minimum Gasteiger partial charge on any atom is -0.494 e. The average Bonchev–Trinajstić information content (AvgIpc) is 2.96. The molecule has 0 amide bonds. The molecule has 1 aromatic heterocycles. The van der Waals surface area contributed by atoms with Crippen LogP contribution in [0.2, 0.25) is 5.02 Å². The van der Waals surface area contributed by atoms with Gasteiger partial charge in [-0.2, -0.15) is 14.9 Å². The van der Waals surface area contributed by atoms with Gasteiger partial charge in [0, 0.05) is 11.1 Å². The molecule has 0 saturated carbocycles. The van der Waals surface area contributed by atoms with Gasteiger partial charge in [0.2, 0.25) is 4.77 Å². The van der Waals surface area contributed by atoms with Gasteiger partial charge in [-0.25, -0.2) is 9.49 Å². The van der Waals surface area contributed by atoms with Crippen LogP contribution in [0.4, 0.5) is 4.39 Å². The lowest BCUT2D eigenvalue weighted by atomic mass is 10.2. The van der Waals surface area contributed by atoms with Gasteiger partial charge < -0.3 is 4.74 Å². The summed E-state index contributed by atoms with van der Waals surface area (Å²) in [5.41, 5.74) is 0.941. The molecule has 0 aliphatic carbocycles. The van der Waals surface area contributed by atoms with Crippen molar-refractivity contribution in [3.05, 3.63) is 63.6 Å². The van der Waals surface area contributed by atoms with E-state index in [1.807, 2.05) is 31.2 Å². The Balaban J connectivity index is 2.02. The van der Waals surface area contributed by atoms with Crippen molar-refractivity contribution in [1.29, 1.82) is 0 Å². The van der Waals surface area contributed by atoms with Crippen LogP contribution in [-0.2, 0) is 0 Å². The number of nitrogens with zero attached hydrogens (tertiary/aromatic N) is 3. The van der Waals surface area contributed by atoms with Gasteiger partial charge in [0.05, 0.1) is 17.8 Å². The average molecular weight is 377 g/mol. The van der Waals surface area contributed by atoms with Crippen LogP contribution in [0.3, 0.4) is 0 Å². The minimum absolute atomic E-state index is 0.182. The summed E-state index contributed by atoms with van der Waals surface area (Å²) in [4.78, 5) is 0. The fraction of sp³-hybridized carbons (Fsp3) is 0.118. The molecule has 1 heterocycles. The van der Waals surface area contributed by atoms with E-state index >= 15 is 0 Å². The standard InChI is InChI=1S/C17H14ClFN4OS/c1-2-24-12-6-3-5-11(9-12)16-21-22-17(25)23(16)20-10-13-14(18)7-4-8-15(13)19/h3-10H,2H2,1H3,(H,22,25)/b20-10-. The van der Waals surface area contributed by atoms with Crippen LogP contribution >= 0.6 is 23.8 Å². The molecule has 3 rings (SSSR count). The lowest BCUT2D eigenvalue weighted by Gasteiger charge is -2.05. The second-order valence-corrected chi connectivity index (χ2v) is 5.80. The SMILES string of the molecule is CCOc1cccc(-c2n[nH]c(=S)n2/N=C\c2c(F)cccc2Cl)c1. The number of rotatable bonds is 5. The van der Waals surface area contributed by atoms with Crippen molar-refractivity contribution in [2.45, 2.75) is 6.92 Å². The van der Waals surface area contributed by atoms with E-state index in [1.165, 1.54) is 23.0 Å². The molecule has 2 aromatic carbocycles. The zero-order valence-electron chi connectivity index (χ0n) is 13.2. The third-order valence-electron chi connectivity index (χ3n) is 3.36. The fourth-order valence-electron chi connectivity index (χ4n) is 2.23. The smallest absolute Gasteiger partial charge is 0.216 e. The first-order chi connectivity index (χ1) is 12.1. The Kier molecular flexibility index (Phi) is 5.25. The van der Waals surface area contributed by atoms with Crippen molar-refractivity contribution in [2.24, 2.45) is 5.10 Å². The van der Waals surface area contributed by atoms with E-state index in [9.17, 15) is 4.39 Å². The van der Waals surface area contributed by atoms with Crippen molar-refractivity contribution >= 4 is 30.0 Å². The van der Waals surface area contributed by atoms with Crippen LogP contribution < -0.4 is 4.74 Å². The summed E-state index contributed by atoms with van der Waals surface area (Å²) in [7, 11) is 0. The van der Waals surface area contributed by atoms with Gasteiger partial charge in [-0.15, -0.1) is 0 Å². The molecule has 3 aromatic rings. The summed E-state index contributed by atoms with van der Waals surface area (Å²) < 4.78 is 21.1. The van der Waals surface area contributed by atoms with E-state index in [1.54, 1.807) is 6.07 Å². The number of ether oxygens (including phenoxy) is 1. The highest BCUT2D eigenvalue weighted by Gasteiger charge is 2.10. The Morgan fingerprint density at radius 2 is 2.16 bits per heavy atom. The van der Waals surface area contributed by atoms with Crippen LogP contribution in [-0.4, -0.2) is 27.7 Å². The third-order valence-corrected chi connectivity index (χ3v) is 3.95. The molecule has 0 radical (unpaired) electrons. The normalized spacial score (nSPS) is 11.2. The molecular weight excluding hydrogens is 363 g/mol. The third kappa shape index (κ3) is 3.78. The van der Waals surface area contributed by atoms with Gasteiger partial charge in [-0.05, 0) is 43.4 Å². The van der Waals surface area contributed by atoms with Crippen LogP contribution in [0, 0.1) is 10.6 Å². The molecule has 0 fully saturated rings. The highest BCUT2D eigenvalue weighted by Crippen LogP contribution is 2.23. The maximum atomic E-state index is 13.9. The van der Waals surface area contributed by atoms with Crippen LogP contribution in [0.5, 0.6) is 5.75 Å². The first-order valence-electron chi connectivity index (χ1n) is 7.49. The molecule has 0 bridgehead atoms. The maximum absolute atomic E-state index is 13.9. The number of aromatic nitrogens is 3. The molecule has 0 spiro atoms. The molecule has 0 aliphatic rings. The van der Waals surface area contributed by atoms with Crippen molar-refractivity contribution in [3.8, 4) is 17.1 Å². The predicted molar refractivity (Wildman–Crippen MR) is 98.4 cm³/mol. The lowest BCUT2D eigenvalue weighted by Crippen LogP contribution is -1.98. The molecule has 0 aliphatic heterocycles.